The Hall–Kier alpha value is -1.51. The first kappa shape index (κ1) is 13.9. The van der Waals surface area contributed by atoms with Gasteiger partial charge in [0.2, 0.25) is 0 Å². The van der Waals surface area contributed by atoms with E-state index in [1.807, 2.05) is 28.8 Å². The summed E-state index contributed by atoms with van der Waals surface area (Å²) in [6, 6.07) is 7.90. The molecule has 2 rings (SSSR count). The van der Waals surface area contributed by atoms with E-state index in [-0.39, 0.29) is 5.69 Å². The van der Waals surface area contributed by atoms with Crippen LogP contribution in [0.3, 0.4) is 0 Å². The van der Waals surface area contributed by atoms with Crippen LogP contribution in [-0.2, 0) is 6.54 Å². The number of H-pyrrole nitrogens is 1. The Bertz CT molecular complexity index is 553. The van der Waals surface area contributed by atoms with Gasteiger partial charge >= 0.3 is 5.69 Å². The SMILES string of the molecule is CCCCCCCCCn1c(=O)[nH]c2ccccc21. The molecule has 0 saturated heterocycles. The van der Waals surface area contributed by atoms with Gasteiger partial charge in [-0.1, -0.05) is 57.6 Å². The summed E-state index contributed by atoms with van der Waals surface area (Å²) < 4.78 is 1.86. The van der Waals surface area contributed by atoms with Crippen LogP contribution in [0.25, 0.3) is 11.0 Å². The number of imidazole rings is 1. The third-order valence-corrected chi connectivity index (χ3v) is 3.67. The number of para-hydroxylation sites is 2. The van der Waals surface area contributed by atoms with Crippen molar-refractivity contribution in [1.82, 2.24) is 9.55 Å². The summed E-state index contributed by atoms with van der Waals surface area (Å²) in [6.07, 6.45) is 8.92. The van der Waals surface area contributed by atoms with Crippen molar-refractivity contribution in [2.75, 3.05) is 0 Å². The lowest BCUT2D eigenvalue weighted by molar-refractivity contribution is 0.549. The highest BCUT2D eigenvalue weighted by Gasteiger charge is 2.04. The Balaban J connectivity index is 1.82. The van der Waals surface area contributed by atoms with Crippen LogP contribution in [0.4, 0.5) is 0 Å². The predicted molar refractivity (Wildman–Crippen MR) is 80.6 cm³/mol. The standard InChI is InChI=1S/C16H24N2O/c1-2-3-4-5-6-7-10-13-18-15-12-9-8-11-14(15)17-16(18)19/h8-9,11-12H,2-7,10,13H2,1H3,(H,17,19). The minimum Gasteiger partial charge on any atom is -0.306 e. The first-order chi connectivity index (χ1) is 9.33. The number of rotatable bonds is 8. The number of aromatic nitrogens is 2. The van der Waals surface area contributed by atoms with Crippen LogP contribution < -0.4 is 5.69 Å². The molecule has 1 N–H and O–H groups in total. The molecule has 0 aliphatic heterocycles. The first-order valence-corrected chi connectivity index (χ1v) is 7.50. The molecular formula is C16H24N2O. The quantitative estimate of drug-likeness (QED) is 0.713. The number of unbranched alkanes of at least 4 members (excludes halogenated alkanes) is 6. The number of hydrogen-bond acceptors (Lipinski definition) is 1. The van der Waals surface area contributed by atoms with E-state index in [4.69, 9.17) is 0 Å². The molecule has 3 heteroatoms. The van der Waals surface area contributed by atoms with Gasteiger partial charge in [-0.3, -0.25) is 4.57 Å². The molecule has 0 amide bonds. The Morgan fingerprint density at radius 1 is 1.00 bits per heavy atom. The lowest BCUT2D eigenvalue weighted by Crippen LogP contribution is -2.16. The van der Waals surface area contributed by atoms with Crippen LogP contribution in [-0.4, -0.2) is 9.55 Å². The van der Waals surface area contributed by atoms with Crippen molar-refractivity contribution in [2.24, 2.45) is 0 Å². The molecule has 0 atom stereocenters. The molecule has 0 fully saturated rings. The molecule has 0 saturated carbocycles. The van der Waals surface area contributed by atoms with E-state index >= 15 is 0 Å². The molecule has 0 aliphatic rings. The fourth-order valence-electron chi connectivity index (χ4n) is 2.56. The van der Waals surface area contributed by atoms with E-state index in [0.29, 0.717) is 0 Å². The van der Waals surface area contributed by atoms with Crippen molar-refractivity contribution >= 4 is 11.0 Å². The Kier molecular flexibility index (Phi) is 5.25. The summed E-state index contributed by atoms with van der Waals surface area (Å²) in [6.45, 7) is 3.07. The molecule has 0 unspecified atom stereocenters. The maximum Gasteiger partial charge on any atom is 0.326 e. The number of nitrogens with one attached hydrogen (secondary N) is 1. The van der Waals surface area contributed by atoms with Crippen molar-refractivity contribution < 1.29 is 0 Å². The van der Waals surface area contributed by atoms with E-state index in [1.165, 1.54) is 38.5 Å². The third kappa shape index (κ3) is 3.72. The normalized spacial score (nSPS) is 11.2. The molecule has 19 heavy (non-hydrogen) atoms. The Morgan fingerprint density at radius 3 is 2.47 bits per heavy atom. The summed E-state index contributed by atoms with van der Waals surface area (Å²) in [5.74, 6) is 0. The van der Waals surface area contributed by atoms with E-state index < -0.39 is 0 Å². The molecule has 1 aromatic heterocycles. The number of fused-ring (bicyclic) bond motifs is 1. The van der Waals surface area contributed by atoms with Crippen LogP contribution in [0.2, 0.25) is 0 Å². The van der Waals surface area contributed by atoms with E-state index in [0.717, 1.165) is 24.0 Å². The zero-order valence-corrected chi connectivity index (χ0v) is 11.8. The van der Waals surface area contributed by atoms with Gasteiger partial charge in [0.15, 0.2) is 0 Å². The Morgan fingerprint density at radius 2 is 1.68 bits per heavy atom. The molecule has 0 radical (unpaired) electrons. The van der Waals surface area contributed by atoms with Crippen molar-refractivity contribution in [3.63, 3.8) is 0 Å². The minimum absolute atomic E-state index is 0.0205. The molecule has 0 bridgehead atoms. The van der Waals surface area contributed by atoms with Crippen LogP contribution in [0.15, 0.2) is 29.1 Å². The molecule has 0 spiro atoms. The van der Waals surface area contributed by atoms with Gasteiger partial charge in [-0.05, 0) is 18.6 Å². The monoisotopic (exact) mass is 260 g/mol. The smallest absolute Gasteiger partial charge is 0.306 e. The summed E-state index contributed by atoms with van der Waals surface area (Å²) in [5.41, 5.74) is 1.99. The second-order valence-electron chi connectivity index (χ2n) is 5.22. The van der Waals surface area contributed by atoms with E-state index in [9.17, 15) is 4.79 Å². The minimum atomic E-state index is 0.0205. The molecule has 104 valence electrons. The summed E-state index contributed by atoms with van der Waals surface area (Å²) in [4.78, 5) is 14.8. The van der Waals surface area contributed by atoms with Crippen molar-refractivity contribution in [3.05, 3.63) is 34.7 Å². The van der Waals surface area contributed by atoms with Gasteiger partial charge in [0.1, 0.15) is 0 Å². The molecule has 2 aromatic rings. The average molecular weight is 260 g/mol. The second-order valence-corrected chi connectivity index (χ2v) is 5.22. The van der Waals surface area contributed by atoms with E-state index in [1.54, 1.807) is 0 Å². The number of aryl methyl sites for hydroxylation is 1. The fourth-order valence-corrected chi connectivity index (χ4v) is 2.56. The largest absolute Gasteiger partial charge is 0.326 e. The number of nitrogens with zero attached hydrogens (tertiary/aromatic N) is 1. The molecule has 1 aromatic carbocycles. The highest BCUT2D eigenvalue weighted by molar-refractivity contribution is 5.74. The first-order valence-electron chi connectivity index (χ1n) is 7.50. The Labute approximate surface area is 114 Å². The van der Waals surface area contributed by atoms with Gasteiger partial charge < -0.3 is 4.98 Å². The maximum absolute atomic E-state index is 11.9. The molecular weight excluding hydrogens is 236 g/mol. The van der Waals surface area contributed by atoms with Gasteiger partial charge in [-0.25, -0.2) is 4.79 Å². The molecule has 1 heterocycles. The zero-order valence-electron chi connectivity index (χ0n) is 11.8. The van der Waals surface area contributed by atoms with Crippen LogP contribution in [0.5, 0.6) is 0 Å². The van der Waals surface area contributed by atoms with Crippen molar-refractivity contribution in [1.29, 1.82) is 0 Å². The fraction of sp³-hybridized carbons (Fsp3) is 0.562. The highest BCUT2D eigenvalue weighted by Crippen LogP contribution is 2.11. The average Bonchev–Trinajstić information content (AvgIpc) is 2.74. The number of hydrogen-bond donors (Lipinski definition) is 1. The summed E-state index contributed by atoms with van der Waals surface area (Å²) in [7, 11) is 0. The van der Waals surface area contributed by atoms with Crippen LogP contribution in [0.1, 0.15) is 51.9 Å². The maximum atomic E-state index is 11.9. The topological polar surface area (TPSA) is 37.8 Å². The van der Waals surface area contributed by atoms with Gasteiger partial charge in [0.25, 0.3) is 0 Å². The van der Waals surface area contributed by atoms with Gasteiger partial charge in [-0.2, -0.15) is 0 Å². The molecule has 3 nitrogen and oxygen atoms in total. The summed E-state index contributed by atoms with van der Waals surface area (Å²) >= 11 is 0. The van der Waals surface area contributed by atoms with E-state index in [2.05, 4.69) is 11.9 Å². The molecule has 0 aliphatic carbocycles. The van der Waals surface area contributed by atoms with Gasteiger partial charge in [-0.15, -0.1) is 0 Å². The number of aromatic amines is 1. The van der Waals surface area contributed by atoms with Crippen LogP contribution in [0, 0.1) is 0 Å². The number of benzene rings is 1. The van der Waals surface area contributed by atoms with Gasteiger partial charge in [0, 0.05) is 6.54 Å². The predicted octanol–water partition coefficient (Wildman–Crippen LogP) is 4.08. The third-order valence-electron chi connectivity index (χ3n) is 3.67. The second kappa shape index (κ2) is 7.17. The highest BCUT2D eigenvalue weighted by atomic mass is 16.1. The lowest BCUT2D eigenvalue weighted by Gasteiger charge is -2.03. The lowest BCUT2D eigenvalue weighted by atomic mass is 10.1. The summed E-state index contributed by atoms with van der Waals surface area (Å²) in [5, 5.41) is 0. The zero-order chi connectivity index (χ0) is 13.5. The van der Waals surface area contributed by atoms with Crippen molar-refractivity contribution in [3.8, 4) is 0 Å². The van der Waals surface area contributed by atoms with Crippen molar-refractivity contribution in [2.45, 2.75) is 58.4 Å². The van der Waals surface area contributed by atoms with Gasteiger partial charge in [0.05, 0.1) is 11.0 Å². The van der Waals surface area contributed by atoms with Crippen LogP contribution >= 0.6 is 0 Å².